The molecule has 2 unspecified atom stereocenters. The Balaban J connectivity index is 1.40. The van der Waals surface area contributed by atoms with E-state index in [1.54, 1.807) is 24.3 Å². The molecule has 2 aliphatic rings. The third-order valence-electron chi connectivity index (χ3n) is 6.93. The summed E-state index contributed by atoms with van der Waals surface area (Å²) in [7, 11) is 0. The van der Waals surface area contributed by atoms with Gasteiger partial charge in [0.2, 0.25) is 0 Å². The Morgan fingerprint density at radius 3 is 2.29 bits per heavy atom. The van der Waals surface area contributed by atoms with Crippen LogP contribution in [-0.2, 0) is 6.18 Å². The summed E-state index contributed by atoms with van der Waals surface area (Å²) >= 11 is 1.85. The minimum absolute atomic E-state index is 0.0975. The second kappa shape index (κ2) is 10.2. The van der Waals surface area contributed by atoms with Crippen LogP contribution in [0.3, 0.4) is 0 Å². The van der Waals surface area contributed by atoms with Crippen molar-refractivity contribution in [2.45, 2.75) is 35.7 Å². The van der Waals surface area contributed by atoms with Crippen LogP contribution in [0.2, 0.25) is 0 Å². The number of hydrogen-bond donors (Lipinski definition) is 1. The Morgan fingerprint density at radius 1 is 0.914 bits per heavy atom. The summed E-state index contributed by atoms with van der Waals surface area (Å²) in [6.45, 7) is 3.81. The first-order valence-corrected chi connectivity index (χ1v) is 12.9. The van der Waals surface area contributed by atoms with E-state index in [-0.39, 0.29) is 17.6 Å². The van der Waals surface area contributed by atoms with Crippen molar-refractivity contribution in [1.29, 1.82) is 0 Å². The molecule has 2 heterocycles. The van der Waals surface area contributed by atoms with E-state index < -0.39 is 11.7 Å². The summed E-state index contributed by atoms with van der Waals surface area (Å²) in [4.78, 5) is 3.71. The van der Waals surface area contributed by atoms with Crippen molar-refractivity contribution < 1.29 is 23.0 Å². The zero-order valence-electron chi connectivity index (χ0n) is 19.3. The molecule has 2 atom stereocenters. The first-order valence-electron chi connectivity index (χ1n) is 12.0. The van der Waals surface area contributed by atoms with Gasteiger partial charge in [0.15, 0.2) is 0 Å². The summed E-state index contributed by atoms with van der Waals surface area (Å²) in [5.74, 6) is 1.54. The number of hydrogen-bond acceptors (Lipinski definition) is 4. The summed E-state index contributed by atoms with van der Waals surface area (Å²) in [5, 5.41) is 9.94. The van der Waals surface area contributed by atoms with Gasteiger partial charge < -0.3 is 14.7 Å². The van der Waals surface area contributed by atoms with Crippen molar-refractivity contribution in [2.24, 2.45) is 0 Å². The molecule has 1 N–H and O–H groups in total. The van der Waals surface area contributed by atoms with Gasteiger partial charge in [0.25, 0.3) is 0 Å². The molecule has 0 amide bonds. The lowest BCUT2D eigenvalue weighted by atomic mass is 9.76. The number of aromatic hydroxyl groups is 1. The maximum atomic E-state index is 13.1. The third-order valence-corrected chi connectivity index (χ3v) is 7.93. The smallest absolute Gasteiger partial charge is 0.416 e. The minimum Gasteiger partial charge on any atom is -0.508 e. The Labute approximate surface area is 207 Å². The van der Waals surface area contributed by atoms with Crippen LogP contribution in [0.15, 0.2) is 71.6 Å². The zero-order valence-corrected chi connectivity index (χ0v) is 20.1. The summed E-state index contributed by atoms with van der Waals surface area (Å²) in [5.41, 5.74) is 2.14. The molecule has 0 bridgehead atoms. The molecule has 3 aromatic rings. The molecule has 184 valence electrons. The standard InChI is InChI=1S/C28H28F3NO2S/c29-28(30,31)21-7-3-19(4-8-21)25-18-34-26-17-22(33)9-12-24(26)27(25)20-5-10-23(11-6-20)35-16-15-32-13-1-2-14-32/h3-12,17,25,27,33H,1-2,13-16,18H2. The number of phenols is 1. The third kappa shape index (κ3) is 5.46. The van der Waals surface area contributed by atoms with Gasteiger partial charge in [-0.3, -0.25) is 0 Å². The van der Waals surface area contributed by atoms with Crippen molar-refractivity contribution in [3.05, 3.63) is 89.0 Å². The van der Waals surface area contributed by atoms with Crippen LogP contribution >= 0.6 is 11.8 Å². The fourth-order valence-corrected chi connectivity index (χ4v) is 6.00. The highest BCUT2D eigenvalue weighted by atomic mass is 32.2. The van der Waals surface area contributed by atoms with Crippen molar-refractivity contribution >= 4 is 11.8 Å². The van der Waals surface area contributed by atoms with Gasteiger partial charge in [0.05, 0.1) is 12.2 Å². The number of fused-ring (bicyclic) bond motifs is 1. The van der Waals surface area contributed by atoms with Crippen molar-refractivity contribution in [3.63, 3.8) is 0 Å². The Morgan fingerprint density at radius 2 is 1.60 bits per heavy atom. The van der Waals surface area contributed by atoms with Crippen molar-refractivity contribution in [2.75, 3.05) is 32.0 Å². The van der Waals surface area contributed by atoms with Crippen LogP contribution in [0.25, 0.3) is 0 Å². The molecule has 1 saturated heterocycles. The van der Waals surface area contributed by atoms with E-state index >= 15 is 0 Å². The molecular weight excluding hydrogens is 471 g/mol. The normalized spacial score (nSPS) is 20.4. The fourth-order valence-electron chi connectivity index (χ4n) is 5.09. The molecule has 0 saturated carbocycles. The van der Waals surface area contributed by atoms with Crippen LogP contribution in [-0.4, -0.2) is 42.0 Å². The van der Waals surface area contributed by atoms with Crippen LogP contribution in [0.1, 0.15) is 46.9 Å². The number of benzene rings is 3. The monoisotopic (exact) mass is 499 g/mol. The number of ether oxygens (including phenoxy) is 1. The molecule has 0 aromatic heterocycles. The topological polar surface area (TPSA) is 32.7 Å². The van der Waals surface area contributed by atoms with E-state index in [9.17, 15) is 18.3 Å². The molecular formula is C28H28F3NO2S. The molecule has 0 spiro atoms. The number of phenolic OH excluding ortho intramolecular Hbond substituents is 1. The highest BCUT2D eigenvalue weighted by Gasteiger charge is 2.35. The largest absolute Gasteiger partial charge is 0.508 e. The van der Waals surface area contributed by atoms with Gasteiger partial charge >= 0.3 is 6.18 Å². The molecule has 5 rings (SSSR count). The molecule has 3 aromatic carbocycles. The molecule has 0 radical (unpaired) electrons. The number of alkyl halides is 3. The lowest BCUT2D eigenvalue weighted by molar-refractivity contribution is -0.137. The van der Waals surface area contributed by atoms with Crippen LogP contribution in [0.4, 0.5) is 13.2 Å². The van der Waals surface area contributed by atoms with Gasteiger partial charge in [-0.25, -0.2) is 0 Å². The van der Waals surface area contributed by atoms with Gasteiger partial charge in [-0.15, -0.1) is 11.8 Å². The van der Waals surface area contributed by atoms with E-state index in [1.807, 2.05) is 17.8 Å². The van der Waals surface area contributed by atoms with E-state index in [0.29, 0.717) is 12.4 Å². The SMILES string of the molecule is Oc1ccc2c(c1)OCC(c1ccc(C(F)(F)F)cc1)C2c1ccc(SCCN2CCCC2)cc1. The average Bonchev–Trinajstić information content (AvgIpc) is 3.37. The number of nitrogens with zero attached hydrogens (tertiary/aromatic N) is 1. The van der Waals surface area contributed by atoms with E-state index in [0.717, 1.165) is 41.1 Å². The van der Waals surface area contributed by atoms with Crippen LogP contribution in [0.5, 0.6) is 11.5 Å². The first-order chi connectivity index (χ1) is 16.9. The van der Waals surface area contributed by atoms with Crippen molar-refractivity contribution in [3.8, 4) is 11.5 Å². The highest BCUT2D eigenvalue weighted by Crippen LogP contribution is 2.47. The van der Waals surface area contributed by atoms with Crippen LogP contribution < -0.4 is 4.74 Å². The lowest BCUT2D eigenvalue weighted by Gasteiger charge is -2.34. The van der Waals surface area contributed by atoms with E-state index in [1.165, 1.54) is 30.8 Å². The predicted molar refractivity (Wildman–Crippen MR) is 132 cm³/mol. The number of likely N-dealkylation sites (tertiary alicyclic amines) is 1. The van der Waals surface area contributed by atoms with Crippen molar-refractivity contribution in [1.82, 2.24) is 4.90 Å². The van der Waals surface area contributed by atoms with Gasteiger partial charge in [-0.2, -0.15) is 13.2 Å². The fraction of sp³-hybridized carbons (Fsp3) is 0.357. The Bertz CT molecular complexity index is 1140. The Kier molecular flexibility index (Phi) is 6.98. The molecule has 3 nitrogen and oxygen atoms in total. The number of halogens is 3. The zero-order chi connectivity index (χ0) is 24.4. The van der Waals surface area contributed by atoms with Gasteiger partial charge in [0, 0.05) is 40.7 Å². The second-order valence-electron chi connectivity index (χ2n) is 9.20. The highest BCUT2D eigenvalue weighted by molar-refractivity contribution is 7.99. The molecule has 7 heteroatoms. The second-order valence-corrected chi connectivity index (χ2v) is 10.4. The lowest BCUT2D eigenvalue weighted by Crippen LogP contribution is -2.25. The minimum atomic E-state index is -4.37. The molecule has 2 aliphatic heterocycles. The summed E-state index contributed by atoms with van der Waals surface area (Å²) < 4.78 is 45.3. The van der Waals surface area contributed by atoms with E-state index in [4.69, 9.17) is 4.74 Å². The van der Waals surface area contributed by atoms with Gasteiger partial charge in [-0.1, -0.05) is 30.3 Å². The van der Waals surface area contributed by atoms with Gasteiger partial charge in [0.1, 0.15) is 11.5 Å². The number of thioether (sulfide) groups is 1. The van der Waals surface area contributed by atoms with E-state index in [2.05, 4.69) is 29.2 Å². The molecule has 0 aliphatic carbocycles. The average molecular weight is 500 g/mol. The maximum Gasteiger partial charge on any atom is 0.416 e. The van der Waals surface area contributed by atoms with Crippen LogP contribution in [0, 0.1) is 0 Å². The quantitative estimate of drug-likeness (QED) is 0.374. The first kappa shape index (κ1) is 24.1. The molecule has 1 fully saturated rings. The van der Waals surface area contributed by atoms with Gasteiger partial charge in [-0.05, 0) is 67.4 Å². The summed E-state index contributed by atoms with van der Waals surface area (Å²) in [6, 6.07) is 19.0. The maximum absolute atomic E-state index is 13.1. The predicted octanol–water partition coefficient (Wildman–Crippen LogP) is 6.91. The summed E-state index contributed by atoms with van der Waals surface area (Å²) in [6.07, 6.45) is -1.78. The Hall–Kier alpha value is -2.64. The number of rotatable bonds is 6. The molecule has 35 heavy (non-hydrogen) atoms.